The lowest BCUT2D eigenvalue weighted by Crippen LogP contribution is -2.37. The SMILES string of the molecule is CCOc1ccc([C@@H](OCOCC[Si](C)(C)C)C(=O)N(CCCc2ccccc2)Cc2nc(C(=O)O)c(C)s2)c(F)c1. The molecule has 2 aromatic carbocycles. The van der Waals surface area contributed by atoms with Crippen LogP contribution in [0.5, 0.6) is 5.75 Å². The van der Waals surface area contributed by atoms with Gasteiger partial charge in [-0.2, -0.15) is 0 Å². The quantitative estimate of drug-likeness (QED) is 0.102. The zero-order chi connectivity index (χ0) is 30.7. The van der Waals surface area contributed by atoms with Crippen molar-refractivity contribution < 1.29 is 33.3 Å². The predicted molar refractivity (Wildman–Crippen MR) is 164 cm³/mol. The summed E-state index contributed by atoms with van der Waals surface area (Å²) in [5, 5.41) is 9.97. The first-order chi connectivity index (χ1) is 20.0. The summed E-state index contributed by atoms with van der Waals surface area (Å²) in [5.41, 5.74) is 1.17. The molecule has 0 aliphatic rings. The maximum Gasteiger partial charge on any atom is 0.355 e. The molecule has 11 heteroatoms. The van der Waals surface area contributed by atoms with Crippen molar-refractivity contribution in [1.29, 1.82) is 0 Å². The van der Waals surface area contributed by atoms with Gasteiger partial charge in [0.05, 0.1) is 13.2 Å². The molecule has 0 fully saturated rings. The van der Waals surface area contributed by atoms with Gasteiger partial charge >= 0.3 is 5.97 Å². The van der Waals surface area contributed by atoms with Crippen LogP contribution in [-0.2, 0) is 27.2 Å². The molecule has 42 heavy (non-hydrogen) atoms. The predicted octanol–water partition coefficient (Wildman–Crippen LogP) is 6.72. The topological polar surface area (TPSA) is 98.2 Å². The van der Waals surface area contributed by atoms with E-state index >= 15 is 4.39 Å². The van der Waals surface area contributed by atoms with E-state index < -0.39 is 31.9 Å². The minimum atomic E-state index is -1.34. The number of ether oxygens (including phenoxy) is 3. The van der Waals surface area contributed by atoms with Gasteiger partial charge in [0.25, 0.3) is 5.91 Å². The summed E-state index contributed by atoms with van der Waals surface area (Å²) in [6.45, 7) is 11.3. The lowest BCUT2D eigenvalue weighted by atomic mass is 10.1. The maximum absolute atomic E-state index is 15.4. The van der Waals surface area contributed by atoms with E-state index in [1.807, 2.05) is 37.3 Å². The van der Waals surface area contributed by atoms with Gasteiger partial charge in [-0.15, -0.1) is 11.3 Å². The van der Waals surface area contributed by atoms with Crippen LogP contribution in [0.25, 0.3) is 0 Å². The van der Waals surface area contributed by atoms with Gasteiger partial charge in [-0.1, -0.05) is 50.0 Å². The van der Waals surface area contributed by atoms with Crippen LogP contribution >= 0.6 is 11.3 Å². The van der Waals surface area contributed by atoms with E-state index in [0.29, 0.717) is 41.8 Å². The zero-order valence-corrected chi connectivity index (χ0v) is 26.8. The molecule has 0 saturated carbocycles. The highest BCUT2D eigenvalue weighted by atomic mass is 32.1. The van der Waals surface area contributed by atoms with E-state index in [9.17, 15) is 14.7 Å². The smallest absolute Gasteiger partial charge is 0.355 e. The lowest BCUT2D eigenvalue weighted by Gasteiger charge is -2.27. The molecule has 8 nitrogen and oxygen atoms in total. The van der Waals surface area contributed by atoms with Gasteiger partial charge in [0.15, 0.2) is 11.8 Å². The molecule has 1 heterocycles. The molecular weight excluding hydrogens is 576 g/mol. The molecule has 0 radical (unpaired) electrons. The van der Waals surface area contributed by atoms with Crippen LogP contribution in [0.3, 0.4) is 0 Å². The summed E-state index contributed by atoms with van der Waals surface area (Å²) >= 11 is 1.22. The fourth-order valence-electron chi connectivity index (χ4n) is 4.26. The van der Waals surface area contributed by atoms with Crippen LogP contribution < -0.4 is 4.74 Å². The van der Waals surface area contributed by atoms with Gasteiger partial charge in [0.2, 0.25) is 0 Å². The third kappa shape index (κ3) is 10.3. The maximum atomic E-state index is 15.4. The molecular formula is C31H41FN2O6SSi. The van der Waals surface area contributed by atoms with E-state index in [2.05, 4.69) is 24.6 Å². The number of aromatic carboxylic acids is 1. The number of benzene rings is 2. The Bertz CT molecular complexity index is 1310. The Morgan fingerprint density at radius 3 is 2.50 bits per heavy atom. The Balaban J connectivity index is 1.87. The Kier molecular flexibility index (Phi) is 12.7. The van der Waals surface area contributed by atoms with Crippen LogP contribution in [0.15, 0.2) is 48.5 Å². The number of nitrogens with zero attached hydrogens (tertiary/aromatic N) is 2. The Morgan fingerprint density at radius 2 is 1.88 bits per heavy atom. The van der Waals surface area contributed by atoms with Gasteiger partial charge in [-0.25, -0.2) is 14.2 Å². The number of aryl methyl sites for hydroxylation is 2. The third-order valence-electron chi connectivity index (χ3n) is 6.52. The van der Waals surface area contributed by atoms with Crippen molar-refractivity contribution in [2.75, 3.05) is 26.6 Å². The van der Waals surface area contributed by atoms with E-state index in [1.54, 1.807) is 17.9 Å². The first-order valence-electron chi connectivity index (χ1n) is 14.1. The van der Waals surface area contributed by atoms with Crippen molar-refractivity contribution in [3.63, 3.8) is 0 Å². The van der Waals surface area contributed by atoms with Crippen molar-refractivity contribution in [3.8, 4) is 5.75 Å². The van der Waals surface area contributed by atoms with Crippen molar-refractivity contribution in [2.24, 2.45) is 0 Å². The zero-order valence-electron chi connectivity index (χ0n) is 25.0. The van der Waals surface area contributed by atoms with Gasteiger partial charge in [-0.3, -0.25) is 4.79 Å². The molecule has 0 unspecified atom stereocenters. The van der Waals surface area contributed by atoms with Crippen LogP contribution in [0.2, 0.25) is 25.7 Å². The molecule has 3 rings (SSSR count). The number of carbonyl (C=O) groups excluding carboxylic acids is 1. The summed E-state index contributed by atoms with van der Waals surface area (Å²) in [4.78, 5) is 32.1. The standard InChI is InChI=1S/C31H41FN2O6SSi/c1-6-39-24-14-15-25(26(32)19-24)29(40-21-38-17-18-42(3,4)5)30(35)34(16-10-13-23-11-8-7-9-12-23)20-27-33-28(31(36)37)22(2)41-27/h7-9,11-12,14-15,19,29H,6,10,13,16-18,20-21H2,1-5H3,(H,36,37)/t29-/m1/s1. The number of hydrogen-bond acceptors (Lipinski definition) is 7. The van der Waals surface area contributed by atoms with Crippen LogP contribution in [0.1, 0.15) is 50.9 Å². The monoisotopic (exact) mass is 616 g/mol. The summed E-state index contributed by atoms with van der Waals surface area (Å²) in [6, 6.07) is 15.2. The van der Waals surface area contributed by atoms with Crippen LogP contribution in [-0.4, -0.2) is 61.5 Å². The lowest BCUT2D eigenvalue weighted by molar-refractivity contribution is -0.156. The molecule has 0 bridgehead atoms. The summed E-state index contributed by atoms with van der Waals surface area (Å²) in [6.07, 6.45) is 0.0890. The van der Waals surface area contributed by atoms with Crippen molar-refractivity contribution in [2.45, 2.75) is 65.0 Å². The van der Waals surface area contributed by atoms with Gasteiger partial charge in [0.1, 0.15) is 23.4 Å². The normalized spacial score (nSPS) is 12.2. The Labute approximate surface area is 252 Å². The van der Waals surface area contributed by atoms with Crippen LogP contribution in [0, 0.1) is 12.7 Å². The number of halogens is 1. The highest BCUT2D eigenvalue weighted by molar-refractivity contribution is 7.11. The second-order valence-corrected chi connectivity index (χ2v) is 18.1. The highest BCUT2D eigenvalue weighted by Gasteiger charge is 2.31. The van der Waals surface area contributed by atoms with E-state index in [4.69, 9.17) is 14.2 Å². The number of carboxylic acids is 1. The van der Waals surface area contributed by atoms with Crippen molar-refractivity contribution in [3.05, 3.63) is 81.1 Å². The molecule has 1 aromatic heterocycles. The Morgan fingerprint density at radius 1 is 1.14 bits per heavy atom. The number of hydrogen-bond donors (Lipinski definition) is 1. The first kappa shape index (κ1) is 33.4. The van der Waals surface area contributed by atoms with Gasteiger partial charge in [-0.05, 0) is 50.4 Å². The molecule has 1 N–H and O–H groups in total. The second kappa shape index (κ2) is 15.9. The largest absolute Gasteiger partial charge is 0.494 e. The molecule has 0 saturated heterocycles. The fraction of sp³-hybridized carbons (Fsp3) is 0.452. The van der Waals surface area contributed by atoms with E-state index in [1.165, 1.54) is 23.5 Å². The van der Waals surface area contributed by atoms with Gasteiger partial charge in [0, 0.05) is 37.7 Å². The number of thiazole rings is 1. The number of carbonyl (C=O) groups is 2. The number of aromatic nitrogens is 1. The number of rotatable bonds is 17. The Hall–Kier alpha value is -3.12. The molecule has 0 spiro atoms. The second-order valence-electron chi connectivity index (χ2n) is 11.2. The molecule has 228 valence electrons. The first-order valence-corrected chi connectivity index (χ1v) is 18.6. The molecule has 1 amide bonds. The summed E-state index contributed by atoms with van der Waals surface area (Å²) in [7, 11) is -1.34. The molecule has 0 aliphatic carbocycles. The minimum absolute atomic E-state index is 0.0344. The van der Waals surface area contributed by atoms with Crippen LogP contribution in [0.4, 0.5) is 4.39 Å². The summed E-state index contributed by atoms with van der Waals surface area (Å²) < 4.78 is 32.5. The molecule has 0 aliphatic heterocycles. The van der Waals surface area contributed by atoms with Crippen molar-refractivity contribution in [1.82, 2.24) is 9.88 Å². The van der Waals surface area contributed by atoms with E-state index in [-0.39, 0.29) is 24.6 Å². The molecule has 1 atom stereocenters. The van der Waals surface area contributed by atoms with E-state index in [0.717, 1.165) is 18.0 Å². The molecule has 3 aromatic rings. The summed E-state index contributed by atoms with van der Waals surface area (Å²) in [5.74, 6) is -1.84. The fourth-order valence-corrected chi connectivity index (χ4v) is 5.95. The van der Waals surface area contributed by atoms with Gasteiger partial charge < -0.3 is 24.2 Å². The van der Waals surface area contributed by atoms with Crippen molar-refractivity contribution >= 4 is 31.3 Å². The average molecular weight is 617 g/mol. The highest BCUT2D eigenvalue weighted by Crippen LogP contribution is 2.28. The average Bonchev–Trinajstić information content (AvgIpc) is 3.31. The third-order valence-corrected chi connectivity index (χ3v) is 9.18. The number of carboxylic acid groups (broad SMARTS) is 1. The number of amides is 1. The minimum Gasteiger partial charge on any atom is -0.494 e.